The number of allylic oxidation sites excluding steroid dienone is 12. The first kappa shape index (κ1) is 72.8. The summed E-state index contributed by atoms with van der Waals surface area (Å²) in [6, 6.07) is 0. The minimum atomic E-state index is -0.781. The van der Waals surface area contributed by atoms with Gasteiger partial charge in [0.2, 0.25) is 0 Å². The second-order valence-electron chi connectivity index (χ2n) is 22.0. The Hall–Kier alpha value is -3.15. The van der Waals surface area contributed by atoms with Crippen molar-refractivity contribution in [1.82, 2.24) is 0 Å². The molecule has 0 aliphatic heterocycles. The van der Waals surface area contributed by atoms with E-state index in [4.69, 9.17) is 14.2 Å². The first-order chi connectivity index (χ1) is 37.5. The van der Waals surface area contributed by atoms with Gasteiger partial charge in [0.1, 0.15) is 13.2 Å². The van der Waals surface area contributed by atoms with Gasteiger partial charge in [0, 0.05) is 19.3 Å². The van der Waals surface area contributed by atoms with Gasteiger partial charge in [0.15, 0.2) is 6.10 Å². The molecule has 0 heterocycles. The summed E-state index contributed by atoms with van der Waals surface area (Å²) < 4.78 is 16.9. The van der Waals surface area contributed by atoms with Gasteiger partial charge in [-0.15, -0.1) is 0 Å². The van der Waals surface area contributed by atoms with E-state index in [1.165, 1.54) is 199 Å². The zero-order valence-corrected chi connectivity index (χ0v) is 50.5. The molecular formula is C70H124O6. The van der Waals surface area contributed by atoms with Gasteiger partial charge in [0.05, 0.1) is 0 Å². The van der Waals surface area contributed by atoms with Gasteiger partial charge < -0.3 is 14.2 Å². The van der Waals surface area contributed by atoms with E-state index in [9.17, 15) is 14.4 Å². The lowest BCUT2D eigenvalue weighted by Gasteiger charge is -2.18. The third-order valence-corrected chi connectivity index (χ3v) is 14.4. The molecule has 0 spiro atoms. The molecule has 76 heavy (non-hydrogen) atoms. The van der Waals surface area contributed by atoms with Gasteiger partial charge >= 0.3 is 17.9 Å². The fraction of sp³-hybridized carbons (Fsp3) is 0.786. The monoisotopic (exact) mass is 1060 g/mol. The highest BCUT2D eigenvalue weighted by atomic mass is 16.6. The second kappa shape index (κ2) is 64.4. The molecule has 0 aromatic carbocycles. The zero-order chi connectivity index (χ0) is 55.0. The maximum Gasteiger partial charge on any atom is 0.306 e. The van der Waals surface area contributed by atoms with Crippen LogP contribution < -0.4 is 0 Å². The maximum absolute atomic E-state index is 12.9. The van der Waals surface area contributed by atoms with Crippen molar-refractivity contribution in [3.63, 3.8) is 0 Å². The predicted molar refractivity (Wildman–Crippen MR) is 330 cm³/mol. The first-order valence-corrected chi connectivity index (χ1v) is 32.9. The van der Waals surface area contributed by atoms with E-state index in [1.807, 2.05) is 0 Å². The Morgan fingerprint density at radius 1 is 0.263 bits per heavy atom. The number of hydrogen-bond acceptors (Lipinski definition) is 6. The Morgan fingerprint density at radius 3 is 0.763 bits per heavy atom. The number of carbonyl (C=O) groups is 3. The number of rotatable bonds is 60. The van der Waals surface area contributed by atoms with Gasteiger partial charge in [-0.1, -0.05) is 293 Å². The van der Waals surface area contributed by atoms with Crippen molar-refractivity contribution in [3.8, 4) is 0 Å². The zero-order valence-electron chi connectivity index (χ0n) is 50.5. The van der Waals surface area contributed by atoms with Crippen LogP contribution in [0.3, 0.4) is 0 Å². The van der Waals surface area contributed by atoms with Crippen molar-refractivity contribution in [1.29, 1.82) is 0 Å². The Kier molecular flexibility index (Phi) is 61.7. The number of unbranched alkanes of at least 4 members (excludes halogenated alkanes) is 37. The minimum absolute atomic E-state index is 0.0777. The molecule has 0 N–H and O–H groups in total. The van der Waals surface area contributed by atoms with E-state index in [0.29, 0.717) is 19.3 Å². The van der Waals surface area contributed by atoms with Crippen LogP contribution in [0.2, 0.25) is 0 Å². The molecule has 0 fully saturated rings. The third-order valence-electron chi connectivity index (χ3n) is 14.4. The van der Waals surface area contributed by atoms with Gasteiger partial charge in [-0.25, -0.2) is 0 Å². The van der Waals surface area contributed by atoms with Crippen molar-refractivity contribution >= 4 is 17.9 Å². The molecule has 0 aliphatic carbocycles. The van der Waals surface area contributed by atoms with Crippen LogP contribution in [-0.2, 0) is 28.6 Å². The van der Waals surface area contributed by atoms with Crippen LogP contribution in [0.5, 0.6) is 0 Å². The first-order valence-electron chi connectivity index (χ1n) is 32.9. The molecule has 1 atom stereocenters. The third kappa shape index (κ3) is 61.7. The lowest BCUT2D eigenvalue weighted by atomic mass is 10.0. The van der Waals surface area contributed by atoms with Gasteiger partial charge in [-0.3, -0.25) is 14.4 Å². The normalized spacial score (nSPS) is 12.5. The summed E-state index contributed by atoms with van der Waals surface area (Å²) in [5, 5.41) is 0. The fourth-order valence-electron chi connectivity index (χ4n) is 9.46. The molecule has 0 amide bonds. The van der Waals surface area contributed by atoms with Crippen LogP contribution in [0.4, 0.5) is 0 Å². The van der Waals surface area contributed by atoms with Crippen molar-refractivity contribution in [2.75, 3.05) is 13.2 Å². The van der Waals surface area contributed by atoms with Crippen molar-refractivity contribution in [2.45, 2.75) is 341 Å². The molecule has 0 saturated heterocycles. The van der Waals surface area contributed by atoms with Crippen LogP contribution in [0.15, 0.2) is 72.9 Å². The number of esters is 3. The van der Waals surface area contributed by atoms with E-state index >= 15 is 0 Å². The second-order valence-corrected chi connectivity index (χ2v) is 22.0. The minimum Gasteiger partial charge on any atom is -0.462 e. The van der Waals surface area contributed by atoms with E-state index < -0.39 is 6.10 Å². The Bertz CT molecular complexity index is 1400. The summed E-state index contributed by atoms with van der Waals surface area (Å²) in [5.74, 6) is -0.878. The number of hydrogen-bond donors (Lipinski definition) is 0. The Balaban J connectivity index is 4.20. The van der Waals surface area contributed by atoms with Crippen molar-refractivity contribution < 1.29 is 28.6 Å². The van der Waals surface area contributed by atoms with Crippen molar-refractivity contribution in [2.24, 2.45) is 0 Å². The number of carbonyl (C=O) groups excluding carboxylic acids is 3. The van der Waals surface area contributed by atoms with Gasteiger partial charge in [-0.2, -0.15) is 0 Å². The molecule has 0 bridgehead atoms. The average Bonchev–Trinajstić information content (AvgIpc) is 3.42. The Morgan fingerprint density at radius 2 is 0.474 bits per heavy atom. The van der Waals surface area contributed by atoms with Crippen LogP contribution in [0.25, 0.3) is 0 Å². The quantitative estimate of drug-likeness (QED) is 0.0261. The summed E-state index contributed by atoms with van der Waals surface area (Å²) in [6.45, 7) is 6.61. The molecular weight excluding hydrogens is 937 g/mol. The molecule has 440 valence electrons. The van der Waals surface area contributed by atoms with E-state index in [0.717, 1.165) is 96.3 Å². The SMILES string of the molecule is CCCCC/C=C\C/C=C\C/C=C\CCCCCCCCC(=O)OC(COC(=O)CCCCCCCCCCCC)COC(=O)CCCCCCCCCCCCCCCC/C=C\C/C=C\C/C=C\CCCCCCC. The van der Waals surface area contributed by atoms with Gasteiger partial charge in [0.25, 0.3) is 0 Å². The molecule has 0 aliphatic rings. The largest absolute Gasteiger partial charge is 0.462 e. The van der Waals surface area contributed by atoms with E-state index in [1.54, 1.807) is 0 Å². The summed E-state index contributed by atoms with van der Waals surface area (Å²) in [6.07, 6.45) is 83.5. The molecule has 0 saturated carbocycles. The van der Waals surface area contributed by atoms with Gasteiger partial charge in [-0.05, 0) is 96.3 Å². The molecule has 0 radical (unpaired) electrons. The summed E-state index contributed by atoms with van der Waals surface area (Å²) in [7, 11) is 0. The Labute approximate surface area is 472 Å². The lowest BCUT2D eigenvalue weighted by molar-refractivity contribution is -0.167. The predicted octanol–water partition coefficient (Wildman–Crippen LogP) is 22.5. The molecule has 1 unspecified atom stereocenters. The average molecular weight is 1060 g/mol. The molecule has 6 heteroatoms. The molecule has 0 rings (SSSR count). The fourth-order valence-corrected chi connectivity index (χ4v) is 9.46. The molecule has 0 aromatic heterocycles. The van der Waals surface area contributed by atoms with Crippen LogP contribution in [-0.4, -0.2) is 37.2 Å². The van der Waals surface area contributed by atoms with Crippen LogP contribution >= 0.6 is 0 Å². The summed E-state index contributed by atoms with van der Waals surface area (Å²) >= 11 is 0. The standard InChI is InChI=1S/C70H124O6/c1-4-7-10-13-16-19-22-24-26-28-30-31-32-33-34-35-36-37-38-39-41-42-44-46-48-51-54-57-60-63-69(72)75-66-67(65-74-68(71)62-59-56-53-50-21-18-15-12-9-6-3)76-70(73)64-61-58-55-52-49-47-45-43-40-29-27-25-23-20-17-14-11-8-5-2/h17,20,22,24-25,27-28,30,32-33,40,43,67H,4-16,18-19,21,23,26,29,31,34-39,41-42,44-66H2,1-3H3/b20-17-,24-22-,27-25-,30-28-,33-32-,43-40-. The smallest absolute Gasteiger partial charge is 0.306 e. The lowest BCUT2D eigenvalue weighted by Crippen LogP contribution is -2.30. The molecule has 0 aromatic rings. The topological polar surface area (TPSA) is 78.9 Å². The molecule has 6 nitrogen and oxygen atoms in total. The maximum atomic E-state index is 12.9. The highest BCUT2D eigenvalue weighted by Crippen LogP contribution is 2.17. The highest BCUT2D eigenvalue weighted by Gasteiger charge is 2.19. The summed E-state index contributed by atoms with van der Waals surface area (Å²) in [5.41, 5.74) is 0. The number of ether oxygens (including phenoxy) is 3. The van der Waals surface area contributed by atoms with Crippen molar-refractivity contribution in [3.05, 3.63) is 72.9 Å². The van der Waals surface area contributed by atoms with E-state index in [-0.39, 0.29) is 31.1 Å². The highest BCUT2D eigenvalue weighted by molar-refractivity contribution is 5.71. The van der Waals surface area contributed by atoms with E-state index in [2.05, 4.69) is 93.7 Å². The summed E-state index contributed by atoms with van der Waals surface area (Å²) in [4.78, 5) is 38.2. The van der Waals surface area contributed by atoms with Crippen LogP contribution in [0, 0.1) is 0 Å². The van der Waals surface area contributed by atoms with Crippen LogP contribution in [0.1, 0.15) is 335 Å².